The van der Waals surface area contributed by atoms with E-state index in [2.05, 4.69) is 24.3 Å². The molecule has 94 valence electrons. The molecule has 0 spiro atoms. The molecule has 2 heteroatoms. The van der Waals surface area contributed by atoms with E-state index in [9.17, 15) is 0 Å². The summed E-state index contributed by atoms with van der Waals surface area (Å²) in [7, 11) is 1.80. The fraction of sp³-hybridized carbons (Fsp3) is 0.600. The normalized spacial score (nSPS) is 25.5. The third-order valence-corrected chi connectivity index (χ3v) is 3.50. The van der Waals surface area contributed by atoms with Crippen LogP contribution in [-0.2, 0) is 16.1 Å². The Morgan fingerprint density at radius 2 is 1.71 bits per heavy atom. The second-order valence-electron chi connectivity index (χ2n) is 4.75. The molecule has 2 nitrogen and oxygen atoms in total. The number of ether oxygens (including phenoxy) is 2. The van der Waals surface area contributed by atoms with Crippen LogP contribution in [0.25, 0.3) is 0 Å². The Morgan fingerprint density at radius 3 is 2.41 bits per heavy atom. The van der Waals surface area contributed by atoms with Crippen molar-refractivity contribution >= 4 is 0 Å². The molecule has 0 unspecified atom stereocenters. The molecule has 0 aliphatic heterocycles. The molecular formula is C15H22O2. The van der Waals surface area contributed by atoms with Gasteiger partial charge in [0.2, 0.25) is 0 Å². The lowest BCUT2D eigenvalue weighted by Crippen LogP contribution is -2.29. The van der Waals surface area contributed by atoms with Crippen molar-refractivity contribution in [2.75, 3.05) is 7.11 Å². The van der Waals surface area contributed by atoms with Gasteiger partial charge in [0, 0.05) is 7.11 Å². The van der Waals surface area contributed by atoms with E-state index in [4.69, 9.17) is 9.47 Å². The first kappa shape index (κ1) is 12.6. The van der Waals surface area contributed by atoms with Gasteiger partial charge in [0.1, 0.15) is 0 Å². The van der Waals surface area contributed by atoms with E-state index in [-0.39, 0.29) is 12.2 Å². The van der Waals surface area contributed by atoms with E-state index in [0.29, 0.717) is 6.61 Å². The smallest absolute Gasteiger partial charge is 0.0841 e. The molecule has 1 aliphatic rings. The lowest BCUT2D eigenvalue weighted by Gasteiger charge is -2.24. The molecule has 0 radical (unpaired) electrons. The van der Waals surface area contributed by atoms with Crippen molar-refractivity contribution in [3.8, 4) is 0 Å². The minimum Gasteiger partial charge on any atom is -0.379 e. The van der Waals surface area contributed by atoms with Crippen LogP contribution in [0.15, 0.2) is 30.3 Å². The summed E-state index contributed by atoms with van der Waals surface area (Å²) in [6.07, 6.45) is 6.65. The fourth-order valence-corrected chi connectivity index (χ4v) is 2.48. The Labute approximate surface area is 104 Å². The molecule has 1 fully saturated rings. The van der Waals surface area contributed by atoms with Crippen LogP contribution in [0.3, 0.4) is 0 Å². The SMILES string of the molecule is CO[C@@H]1CCCCC[C@@H]1OCc1ccccc1. The summed E-state index contributed by atoms with van der Waals surface area (Å²) in [5, 5.41) is 0. The van der Waals surface area contributed by atoms with E-state index in [1.165, 1.54) is 24.8 Å². The number of rotatable bonds is 4. The van der Waals surface area contributed by atoms with Gasteiger partial charge in [0.15, 0.2) is 0 Å². The molecule has 2 atom stereocenters. The van der Waals surface area contributed by atoms with Crippen LogP contribution in [0.2, 0.25) is 0 Å². The Kier molecular flexibility index (Phi) is 5.02. The van der Waals surface area contributed by atoms with Crippen LogP contribution >= 0.6 is 0 Å². The first-order valence-corrected chi connectivity index (χ1v) is 6.58. The van der Waals surface area contributed by atoms with Crippen molar-refractivity contribution in [3.63, 3.8) is 0 Å². The molecule has 0 heterocycles. The lowest BCUT2D eigenvalue weighted by atomic mass is 10.1. The molecule has 1 aromatic rings. The third kappa shape index (κ3) is 3.83. The predicted molar refractivity (Wildman–Crippen MR) is 68.9 cm³/mol. The summed E-state index contributed by atoms with van der Waals surface area (Å²) in [5.41, 5.74) is 1.24. The highest BCUT2D eigenvalue weighted by Crippen LogP contribution is 2.23. The molecule has 1 saturated carbocycles. The van der Waals surface area contributed by atoms with Gasteiger partial charge in [-0.25, -0.2) is 0 Å². The van der Waals surface area contributed by atoms with Crippen molar-refractivity contribution in [2.24, 2.45) is 0 Å². The van der Waals surface area contributed by atoms with Gasteiger partial charge in [-0.2, -0.15) is 0 Å². The fourth-order valence-electron chi connectivity index (χ4n) is 2.48. The van der Waals surface area contributed by atoms with Crippen molar-refractivity contribution in [1.29, 1.82) is 0 Å². The first-order valence-electron chi connectivity index (χ1n) is 6.58. The molecule has 1 aliphatic carbocycles. The Balaban J connectivity index is 1.87. The molecule has 2 rings (SSSR count). The summed E-state index contributed by atoms with van der Waals surface area (Å²) in [5.74, 6) is 0. The highest BCUT2D eigenvalue weighted by Gasteiger charge is 2.23. The number of hydrogen-bond donors (Lipinski definition) is 0. The zero-order chi connectivity index (χ0) is 11.9. The average molecular weight is 234 g/mol. The van der Waals surface area contributed by atoms with Gasteiger partial charge in [-0.3, -0.25) is 0 Å². The lowest BCUT2D eigenvalue weighted by molar-refractivity contribution is -0.0661. The second kappa shape index (κ2) is 6.77. The highest BCUT2D eigenvalue weighted by molar-refractivity contribution is 5.13. The molecule has 0 saturated heterocycles. The summed E-state index contributed by atoms with van der Waals surface area (Å²) in [4.78, 5) is 0. The van der Waals surface area contributed by atoms with Crippen molar-refractivity contribution in [1.82, 2.24) is 0 Å². The van der Waals surface area contributed by atoms with Crippen LogP contribution in [0.4, 0.5) is 0 Å². The molecule has 0 bridgehead atoms. The van der Waals surface area contributed by atoms with Gasteiger partial charge in [-0.1, -0.05) is 49.6 Å². The van der Waals surface area contributed by atoms with Crippen LogP contribution in [0.5, 0.6) is 0 Å². The summed E-state index contributed by atoms with van der Waals surface area (Å²) < 4.78 is 11.6. The van der Waals surface area contributed by atoms with Crippen LogP contribution < -0.4 is 0 Å². The quantitative estimate of drug-likeness (QED) is 0.742. The monoisotopic (exact) mass is 234 g/mol. The molecular weight excluding hydrogens is 212 g/mol. The zero-order valence-electron chi connectivity index (χ0n) is 10.6. The van der Waals surface area contributed by atoms with Crippen LogP contribution in [0.1, 0.15) is 37.7 Å². The van der Waals surface area contributed by atoms with Gasteiger partial charge in [0.05, 0.1) is 18.8 Å². The molecule has 1 aromatic carbocycles. The Morgan fingerprint density at radius 1 is 1.00 bits per heavy atom. The van der Waals surface area contributed by atoms with E-state index in [1.807, 2.05) is 6.07 Å². The van der Waals surface area contributed by atoms with Crippen molar-refractivity contribution in [2.45, 2.75) is 50.9 Å². The maximum absolute atomic E-state index is 6.03. The van der Waals surface area contributed by atoms with E-state index in [0.717, 1.165) is 12.8 Å². The van der Waals surface area contributed by atoms with Gasteiger partial charge in [0.25, 0.3) is 0 Å². The number of methoxy groups -OCH3 is 1. The largest absolute Gasteiger partial charge is 0.379 e. The maximum Gasteiger partial charge on any atom is 0.0841 e. The predicted octanol–water partition coefficient (Wildman–Crippen LogP) is 3.55. The standard InChI is InChI=1S/C15H22O2/c1-16-14-10-6-3-7-11-15(14)17-12-13-8-4-2-5-9-13/h2,4-5,8-9,14-15H,3,6-7,10-12H2,1H3/t14-,15+/m1/s1. The molecule has 0 aromatic heterocycles. The Bertz CT molecular complexity index is 310. The van der Waals surface area contributed by atoms with Gasteiger partial charge < -0.3 is 9.47 Å². The molecule has 0 N–H and O–H groups in total. The summed E-state index contributed by atoms with van der Waals surface area (Å²) >= 11 is 0. The van der Waals surface area contributed by atoms with E-state index in [1.54, 1.807) is 7.11 Å². The summed E-state index contributed by atoms with van der Waals surface area (Å²) in [6.45, 7) is 0.700. The second-order valence-corrected chi connectivity index (χ2v) is 4.75. The minimum atomic E-state index is 0.266. The zero-order valence-corrected chi connectivity index (χ0v) is 10.6. The Hall–Kier alpha value is -0.860. The van der Waals surface area contributed by atoms with E-state index < -0.39 is 0 Å². The number of hydrogen-bond acceptors (Lipinski definition) is 2. The van der Waals surface area contributed by atoms with Crippen molar-refractivity contribution < 1.29 is 9.47 Å². The van der Waals surface area contributed by atoms with Crippen molar-refractivity contribution in [3.05, 3.63) is 35.9 Å². The van der Waals surface area contributed by atoms with Crippen LogP contribution in [-0.4, -0.2) is 19.3 Å². The third-order valence-electron chi connectivity index (χ3n) is 3.50. The minimum absolute atomic E-state index is 0.266. The molecule has 17 heavy (non-hydrogen) atoms. The van der Waals surface area contributed by atoms with Gasteiger partial charge in [-0.05, 0) is 18.4 Å². The molecule has 0 amide bonds. The first-order chi connectivity index (χ1) is 8.40. The number of benzene rings is 1. The van der Waals surface area contributed by atoms with Gasteiger partial charge >= 0.3 is 0 Å². The summed E-state index contributed by atoms with van der Waals surface area (Å²) in [6, 6.07) is 10.4. The topological polar surface area (TPSA) is 18.5 Å². The maximum atomic E-state index is 6.03. The van der Waals surface area contributed by atoms with E-state index >= 15 is 0 Å². The highest BCUT2D eigenvalue weighted by atomic mass is 16.5. The average Bonchev–Trinajstić information content (AvgIpc) is 2.62. The van der Waals surface area contributed by atoms with Crippen LogP contribution in [0, 0.1) is 0 Å². The van der Waals surface area contributed by atoms with Gasteiger partial charge in [-0.15, -0.1) is 0 Å².